The maximum atomic E-state index is 14.2. The van der Waals surface area contributed by atoms with Crippen molar-refractivity contribution in [1.29, 1.82) is 0 Å². The minimum absolute atomic E-state index is 0.0368. The molecule has 158 valence electrons. The zero-order valence-electron chi connectivity index (χ0n) is 16.5. The van der Waals surface area contributed by atoms with Gasteiger partial charge in [-0.05, 0) is 30.0 Å². The van der Waals surface area contributed by atoms with E-state index in [1.54, 1.807) is 6.07 Å². The summed E-state index contributed by atoms with van der Waals surface area (Å²) in [7, 11) is 0. The molecule has 30 heavy (non-hydrogen) atoms. The van der Waals surface area contributed by atoms with Crippen LogP contribution in [0, 0.1) is 23.4 Å². The van der Waals surface area contributed by atoms with Crippen LogP contribution in [-0.4, -0.2) is 22.1 Å². The third kappa shape index (κ3) is 4.97. The summed E-state index contributed by atoms with van der Waals surface area (Å²) < 4.78 is 41.9. The van der Waals surface area contributed by atoms with E-state index in [9.17, 15) is 22.8 Å². The highest BCUT2D eigenvalue weighted by molar-refractivity contribution is 5.85. The number of aryl methyl sites for hydroxylation is 1. The summed E-state index contributed by atoms with van der Waals surface area (Å²) in [6.07, 6.45) is 0.205. The van der Waals surface area contributed by atoms with E-state index in [1.165, 1.54) is 18.2 Å². The van der Waals surface area contributed by atoms with Gasteiger partial charge in [-0.15, -0.1) is 0 Å². The van der Waals surface area contributed by atoms with Crippen LogP contribution >= 0.6 is 0 Å². The number of hydrogen-bond acceptors (Lipinski definition) is 4. The van der Waals surface area contributed by atoms with Gasteiger partial charge in [-0.2, -0.15) is 4.68 Å². The molecular weight excluding hydrogens is 397 g/mol. The Bertz CT molecular complexity index is 1150. The largest absolute Gasteiger partial charge is 0.354 e. The molecule has 3 rings (SSSR count). The van der Waals surface area contributed by atoms with E-state index in [2.05, 4.69) is 15.7 Å². The molecule has 1 amide bonds. The average Bonchev–Trinajstić information content (AvgIpc) is 2.66. The lowest BCUT2D eigenvalue weighted by atomic mass is 10.1. The number of carbonyl (C=O) groups excluding carboxylic acids is 1. The third-order valence-corrected chi connectivity index (χ3v) is 4.32. The number of halogens is 3. The van der Waals surface area contributed by atoms with Crippen LogP contribution in [0.15, 0.2) is 41.2 Å². The van der Waals surface area contributed by atoms with Crippen LogP contribution in [-0.2, 0) is 11.2 Å². The van der Waals surface area contributed by atoms with Crippen molar-refractivity contribution in [3.8, 4) is 0 Å². The van der Waals surface area contributed by atoms with Crippen LogP contribution in [0.3, 0.4) is 0 Å². The third-order valence-electron chi connectivity index (χ3n) is 4.32. The van der Waals surface area contributed by atoms with Crippen molar-refractivity contribution >= 4 is 22.8 Å². The average molecular weight is 418 g/mol. The van der Waals surface area contributed by atoms with Gasteiger partial charge in [-0.3, -0.25) is 15.0 Å². The van der Waals surface area contributed by atoms with Gasteiger partial charge in [0.1, 0.15) is 22.8 Å². The Balaban J connectivity index is 1.91. The molecule has 1 aromatic heterocycles. The van der Waals surface area contributed by atoms with Gasteiger partial charge in [0.15, 0.2) is 0 Å². The minimum atomic E-state index is -1.07. The van der Waals surface area contributed by atoms with Crippen molar-refractivity contribution < 1.29 is 18.0 Å². The van der Waals surface area contributed by atoms with Gasteiger partial charge in [0.2, 0.25) is 11.9 Å². The highest BCUT2D eigenvalue weighted by Gasteiger charge is 2.17. The predicted octanol–water partition coefficient (Wildman–Crippen LogP) is 3.58. The van der Waals surface area contributed by atoms with Gasteiger partial charge in [0, 0.05) is 25.1 Å². The van der Waals surface area contributed by atoms with Crippen LogP contribution in [0.4, 0.5) is 19.1 Å². The highest BCUT2D eigenvalue weighted by Crippen LogP contribution is 2.17. The second-order valence-electron chi connectivity index (χ2n) is 7.30. The molecule has 0 saturated heterocycles. The molecule has 0 unspecified atom stereocenters. The molecule has 0 saturated carbocycles. The van der Waals surface area contributed by atoms with E-state index >= 15 is 0 Å². The van der Waals surface area contributed by atoms with Crippen LogP contribution in [0.5, 0.6) is 0 Å². The van der Waals surface area contributed by atoms with E-state index in [-0.39, 0.29) is 30.2 Å². The molecule has 0 fully saturated rings. The summed E-state index contributed by atoms with van der Waals surface area (Å²) in [6, 6.07) is 7.37. The molecule has 0 radical (unpaired) electrons. The molecule has 0 bridgehead atoms. The Labute approximate surface area is 170 Å². The van der Waals surface area contributed by atoms with Gasteiger partial charge in [-0.1, -0.05) is 26.0 Å². The normalized spacial score (nSPS) is 11.1. The smallest absolute Gasteiger partial charge is 0.284 e. The van der Waals surface area contributed by atoms with Gasteiger partial charge >= 0.3 is 0 Å². The molecule has 0 atom stereocenters. The SMILES string of the molecule is CC(C)CNc1nc2cc(F)cc(F)c2c(=O)n1NC(=O)CCc1cccc(F)c1. The van der Waals surface area contributed by atoms with Crippen LogP contribution < -0.4 is 16.3 Å². The Morgan fingerprint density at radius 1 is 1.13 bits per heavy atom. The van der Waals surface area contributed by atoms with Crippen LogP contribution in [0.1, 0.15) is 25.8 Å². The quantitative estimate of drug-likeness (QED) is 0.615. The lowest BCUT2D eigenvalue weighted by Crippen LogP contribution is -2.36. The number of nitrogens with one attached hydrogen (secondary N) is 2. The minimum Gasteiger partial charge on any atom is -0.354 e. The van der Waals surface area contributed by atoms with Crippen LogP contribution in [0.25, 0.3) is 10.9 Å². The molecule has 0 aliphatic heterocycles. The summed E-state index contributed by atoms with van der Waals surface area (Å²) >= 11 is 0. The summed E-state index contributed by atoms with van der Waals surface area (Å²) in [5.41, 5.74) is 2.00. The maximum absolute atomic E-state index is 14.2. The van der Waals surface area contributed by atoms with Crippen molar-refractivity contribution in [2.75, 3.05) is 17.3 Å². The number of fused-ring (bicyclic) bond motifs is 1. The number of rotatable bonds is 7. The molecule has 3 aromatic rings. The molecule has 2 N–H and O–H groups in total. The lowest BCUT2D eigenvalue weighted by molar-refractivity contribution is -0.117. The van der Waals surface area contributed by atoms with Gasteiger partial charge in [0.05, 0.1) is 5.52 Å². The van der Waals surface area contributed by atoms with E-state index in [4.69, 9.17) is 0 Å². The second-order valence-corrected chi connectivity index (χ2v) is 7.30. The number of hydrogen-bond donors (Lipinski definition) is 2. The Morgan fingerprint density at radius 2 is 1.90 bits per heavy atom. The van der Waals surface area contributed by atoms with Crippen molar-refractivity contribution in [3.05, 3.63) is 69.8 Å². The highest BCUT2D eigenvalue weighted by atomic mass is 19.1. The predicted molar refractivity (Wildman–Crippen MR) is 108 cm³/mol. The van der Waals surface area contributed by atoms with E-state index < -0.39 is 34.3 Å². The standard InChI is InChI=1S/C21H21F3N4O2/c1-12(2)11-25-21-26-17-10-15(23)9-16(24)19(17)20(30)28(21)27-18(29)7-6-13-4-3-5-14(22)8-13/h3-5,8-10,12H,6-7,11H2,1-2H3,(H,25,26)(H,27,29). The number of carbonyl (C=O) groups is 1. The Morgan fingerprint density at radius 3 is 2.60 bits per heavy atom. The summed E-state index contributed by atoms with van der Waals surface area (Å²) in [5.74, 6) is -2.74. The Hall–Kier alpha value is -3.36. The lowest BCUT2D eigenvalue weighted by Gasteiger charge is -2.16. The number of anilines is 1. The number of amides is 1. The first-order valence-electron chi connectivity index (χ1n) is 9.44. The molecule has 1 heterocycles. The fraction of sp³-hybridized carbons (Fsp3) is 0.286. The molecule has 0 spiro atoms. The van der Waals surface area contributed by atoms with E-state index in [0.717, 1.165) is 10.7 Å². The molecule has 0 aliphatic carbocycles. The van der Waals surface area contributed by atoms with Crippen molar-refractivity contribution in [1.82, 2.24) is 9.66 Å². The summed E-state index contributed by atoms with van der Waals surface area (Å²) in [4.78, 5) is 29.4. The van der Waals surface area contributed by atoms with Gasteiger partial charge in [-0.25, -0.2) is 18.2 Å². The topological polar surface area (TPSA) is 76.0 Å². The first-order valence-corrected chi connectivity index (χ1v) is 9.44. The Kier molecular flexibility index (Phi) is 6.39. The molecule has 0 aliphatic rings. The fourth-order valence-corrected chi connectivity index (χ4v) is 2.88. The first kappa shape index (κ1) is 21.4. The number of benzene rings is 2. The van der Waals surface area contributed by atoms with Crippen molar-refractivity contribution in [3.63, 3.8) is 0 Å². The van der Waals surface area contributed by atoms with Gasteiger partial charge in [0.25, 0.3) is 5.56 Å². The number of aromatic nitrogens is 2. The maximum Gasteiger partial charge on any atom is 0.284 e. The molecular formula is C21H21F3N4O2. The van der Waals surface area contributed by atoms with Crippen molar-refractivity contribution in [2.45, 2.75) is 26.7 Å². The zero-order chi connectivity index (χ0) is 21.8. The monoisotopic (exact) mass is 418 g/mol. The van der Waals surface area contributed by atoms with E-state index in [1.807, 2.05) is 13.8 Å². The number of nitrogens with zero attached hydrogens (tertiary/aromatic N) is 2. The summed E-state index contributed by atoms with van der Waals surface area (Å²) in [5, 5.41) is 2.48. The molecule has 6 nitrogen and oxygen atoms in total. The second kappa shape index (κ2) is 8.98. The first-order chi connectivity index (χ1) is 14.2. The summed E-state index contributed by atoms with van der Waals surface area (Å²) in [6.45, 7) is 4.26. The fourth-order valence-electron chi connectivity index (χ4n) is 2.88. The van der Waals surface area contributed by atoms with Gasteiger partial charge < -0.3 is 5.32 Å². The molecule has 9 heteroatoms. The molecule has 2 aromatic carbocycles. The van der Waals surface area contributed by atoms with Crippen molar-refractivity contribution in [2.24, 2.45) is 5.92 Å². The zero-order valence-corrected chi connectivity index (χ0v) is 16.5. The van der Waals surface area contributed by atoms with Crippen LogP contribution in [0.2, 0.25) is 0 Å². The van der Waals surface area contributed by atoms with E-state index in [0.29, 0.717) is 18.2 Å².